The summed E-state index contributed by atoms with van der Waals surface area (Å²) in [7, 11) is 1.61. The van der Waals surface area contributed by atoms with Crippen LogP contribution in [0.1, 0.15) is 28.8 Å². The third-order valence-electron chi connectivity index (χ3n) is 2.72. The largest absolute Gasteiger partial charge is 0.496 e. The monoisotopic (exact) mass is 283 g/mol. The van der Waals surface area contributed by atoms with Gasteiger partial charge in [0.1, 0.15) is 5.75 Å². The van der Waals surface area contributed by atoms with Gasteiger partial charge in [0.2, 0.25) is 0 Å². The minimum Gasteiger partial charge on any atom is -0.496 e. The van der Waals surface area contributed by atoms with Crippen molar-refractivity contribution >= 4 is 21.8 Å². The molecule has 0 atom stereocenters. The summed E-state index contributed by atoms with van der Waals surface area (Å²) in [6, 6.07) is 4.06. The first kappa shape index (κ1) is 11.5. The molecule has 4 heteroatoms. The molecule has 1 aliphatic rings. The van der Waals surface area contributed by atoms with Gasteiger partial charge < -0.3 is 10.1 Å². The summed E-state index contributed by atoms with van der Waals surface area (Å²) in [6.07, 6.45) is 2.18. The van der Waals surface area contributed by atoms with Crippen LogP contribution in [0.15, 0.2) is 16.6 Å². The molecule has 1 aromatic carbocycles. The Labute approximate surface area is 103 Å². The lowest BCUT2D eigenvalue weighted by Gasteiger charge is -2.12. The Balaban J connectivity index is 2.33. The molecule has 1 fully saturated rings. The van der Waals surface area contributed by atoms with E-state index in [1.165, 1.54) is 0 Å². The molecule has 1 aromatic rings. The molecule has 0 bridgehead atoms. The van der Waals surface area contributed by atoms with Crippen LogP contribution < -0.4 is 10.1 Å². The molecule has 0 radical (unpaired) electrons. The molecular weight excluding hydrogens is 270 g/mol. The number of benzene rings is 1. The summed E-state index contributed by atoms with van der Waals surface area (Å²) >= 11 is 3.41. The van der Waals surface area contributed by atoms with Gasteiger partial charge in [0.15, 0.2) is 0 Å². The molecule has 1 amide bonds. The highest BCUT2D eigenvalue weighted by atomic mass is 79.9. The van der Waals surface area contributed by atoms with Gasteiger partial charge in [-0.3, -0.25) is 4.79 Å². The lowest BCUT2D eigenvalue weighted by Crippen LogP contribution is -2.26. The highest BCUT2D eigenvalue weighted by molar-refractivity contribution is 9.10. The standard InChI is InChI=1S/C12H14BrNO2/c1-7-10(16-2)6-5-9(13)11(7)12(15)14-8-3-4-8/h5-6,8H,3-4H2,1-2H3,(H,14,15). The van der Waals surface area contributed by atoms with Gasteiger partial charge in [-0.05, 0) is 47.8 Å². The Kier molecular flexibility index (Phi) is 3.19. The zero-order chi connectivity index (χ0) is 11.7. The quantitative estimate of drug-likeness (QED) is 0.926. The highest BCUT2D eigenvalue weighted by Gasteiger charge is 2.26. The Bertz CT molecular complexity index is 427. The summed E-state index contributed by atoms with van der Waals surface area (Å²) in [5.41, 5.74) is 1.54. The summed E-state index contributed by atoms with van der Waals surface area (Å²) in [4.78, 5) is 12.0. The van der Waals surface area contributed by atoms with E-state index < -0.39 is 0 Å². The Morgan fingerprint density at radius 3 is 2.75 bits per heavy atom. The third-order valence-corrected chi connectivity index (χ3v) is 3.38. The normalized spacial score (nSPS) is 14.7. The first-order valence-corrected chi connectivity index (χ1v) is 6.06. The van der Waals surface area contributed by atoms with Gasteiger partial charge >= 0.3 is 0 Å². The second-order valence-corrected chi connectivity index (χ2v) is 4.85. The predicted molar refractivity (Wildman–Crippen MR) is 65.9 cm³/mol. The van der Waals surface area contributed by atoms with Crippen LogP contribution in [-0.2, 0) is 0 Å². The number of rotatable bonds is 3. The second kappa shape index (κ2) is 4.45. The van der Waals surface area contributed by atoms with Gasteiger partial charge in [0.25, 0.3) is 5.91 Å². The van der Waals surface area contributed by atoms with Crippen molar-refractivity contribution in [2.75, 3.05) is 7.11 Å². The van der Waals surface area contributed by atoms with E-state index in [0.29, 0.717) is 11.6 Å². The van der Waals surface area contributed by atoms with E-state index in [9.17, 15) is 4.79 Å². The Morgan fingerprint density at radius 2 is 2.19 bits per heavy atom. The molecule has 1 saturated carbocycles. The van der Waals surface area contributed by atoms with Crippen molar-refractivity contribution in [1.82, 2.24) is 5.32 Å². The van der Waals surface area contributed by atoms with Crippen molar-refractivity contribution in [3.63, 3.8) is 0 Å². The molecule has 0 spiro atoms. The van der Waals surface area contributed by atoms with Gasteiger partial charge in [-0.25, -0.2) is 0 Å². The number of methoxy groups -OCH3 is 1. The van der Waals surface area contributed by atoms with Crippen molar-refractivity contribution in [2.45, 2.75) is 25.8 Å². The molecule has 1 aliphatic carbocycles. The van der Waals surface area contributed by atoms with Crippen molar-refractivity contribution < 1.29 is 9.53 Å². The summed E-state index contributed by atoms with van der Waals surface area (Å²) < 4.78 is 6.02. The summed E-state index contributed by atoms with van der Waals surface area (Å²) in [5.74, 6) is 0.718. The molecule has 0 aromatic heterocycles. The Morgan fingerprint density at radius 1 is 1.50 bits per heavy atom. The Hall–Kier alpha value is -1.03. The fraction of sp³-hybridized carbons (Fsp3) is 0.417. The van der Waals surface area contributed by atoms with Crippen molar-refractivity contribution in [3.05, 3.63) is 27.7 Å². The lowest BCUT2D eigenvalue weighted by atomic mass is 10.1. The number of amides is 1. The van der Waals surface area contributed by atoms with E-state index in [4.69, 9.17) is 4.74 Å². The van der Waals surface area contributed by atoms with Crippen molar-refractivity contribution in [2.24, 2.45) is 0 Å². The topological polar surface area (TPSA) is 38.3 Å². The van der Waals surface area contributed by atoms with Crippen LogP contribution in [0.3, 0.4) is 0 Å². The van der Waals surface area contributed by atoms with E-state index in [0.717, 1.165) is 28.6 Å². The number of hydrogen-bond donors (Lipinski definition) is 1. The molecule has 86 valence electrons. The predicted octanol–water partition coefficient (Wildman–Crippen LogP) is 2.66. The van der Waals surface area contributed by atoms with E-state index in [1.54, 1.807) is 7.11 Å². The van der Waals surface area contributed by atoms with Gasteiger partial charge in [-0.1, -0.05) is 0 Å². The first-order valence-electron chi connectivity index (χ1n) is 5.27. The highest BCUT2D eigenvalue weighted by Crippen LogP contribution is 2.29. The number of carbonyl (C=O) groups is 1. The lowest BCUT2D eigenvalue weighted by molar-refractivity contribution is 0.0949. The fourth-order valence-electron chi connectivity index (χ4n) is 1.64. The number of nitrogens with one attached hydrogen (secondary N) is 1. The zero-order valence-electron chi connectivity index (χ0n) is 9.34. The van der Waals surface area contributed by atoms with Gasteiger partial charge in [-0.2, -0.15) is 0 Å². The summed E-state index contributed by atoms with van der Waals surface area (Å²) in [5, 5.41) is 2.98. The molecule has 3 nitrogen and oxygen atoms in total. The van der Waals surface area contributed by atoms with E-state index in [2.05, 4.69) is 21.2 Å². The van der Waals surface area contributed by atoms with Crippen LogP contribution in [0.2, 0.25) is 0 Å². The minimum absolute atomic E-state index is 0.0224. The van der Waals surface area contributed by atoms with E-state index >= 15 is 0 Å². The first-order chi connectivity index (χ1) is 7.63. The molecule has 16 heavy (non-hydrogen) atoms. The smallest absolute Gasteiger partial charge is 0.253 e. The molecule has 0 heterocycles. The maximum atomic E-state index is 12.0. The third kappa shape index (κ3) is 2.21. The van der Waals surface area contributed by atoms with Crippen LogP contribution in [0.4, 0.5) is 0 Å². The van der Waals surface area contributed by atoms with E-state index in [1.807, 2.05) is 19.1 Å². The van der Waals surface area contributed by atoms with Crippen molar-refractivity contribution in [1.29, 1.82) is 0 Å². The zero-order valence-corrected chi connectivity index (χ0v) is 10.9. The average molecular weight is 284 g/mol. The number of hydrogen-bond acceptors (Lipinski definition) is 2. The van der Waals surface area contributed by atoms with Crippen molar-refractivity contribution in [3.8, 4) is 5.75 Å². The number of ether oxygens (including phenoxy) is 1. The van der Waals surface area contributed by atoms with Crippen LogP contribution >= 0.6 is 15.9 Å². The van der Waals surface area contributed by atoms with Crippen LogP contribution in [-0.4, -0.2) is 19.1 Å². The summed E-state index contributed by atoms with van der Waals surface area (Å²) in [6.45, 7) is 1.89. The van der Waals surface area contributed by atoms with Crippen LogP contribution in [0.25, 0.3) is 0 Å². The molecule has 0 aliphatic heterocycles. The fourth-order valence-corrected chi connectivity index (χ4v) is 2.25. The van der Waals surface area contributed by atoms with Gasteiger partial charge in [0, 0.05) is 16.1 Å². The maximum Gasteiger partial charge on any atom is 0.253 e. The number of carbonyl (C=O) groups excluding carboxylic acids is 1. The second-order valence-electron chi connectivity index (χ2n) is 4.00. The molecule has 0 unspecified atom stereocenters. The van der Waals surface area contributed by atoms with E-state index in [-0.39, 0.29) is 5.91 Å². The van der Waals surface area contributed by atoms with Gasteiger partial charge in [-0.15, -0.1) is 0 Å². The average Bonchev–Trinajstić information content (AvgIpc) is 3.02. The number of halogens is 1. The van der Waals surface area contributed by atoms with Crippen LogP contribution in [0.5, 0.6) is 5.75 Å². The SMILES string of the molecule is COc1ccc(Br)c(C(=O)NC2CC2)c1C. The molecule has 0 saturated heterocycles. The maximum absolute atomic E-state index is 12.0. The molecule has 2 rings (SSSR count). The van der Waals surface area contributed by atoms with Gasteiger partial charge in [0.05, 0.1) is 12.7 Å². The molecular formula is C12H14BrNO2. The van der Waals surface area contributed by atoms with Crippen LogP contribution in [0, 0.1) is 6.92 Å². The minimum atomic E-state index is -0.0224. The molecule has 1 N–H and O–H groups in total.